The van der Waals surface area contributed by atoms with E-state index in [-0.39, 0.29) is 11.9 Å². The normalized spacial score (nSPS) is 17.2. The standard InChI is InChI=1S/C17H15ClN4O/c1-21(16-12(11-19)5-4-9-20-16)15-8-10-22(17(15)23)14-7-3-2-6-13(14)18/h2-7,9,15H,8,10H2,1H3. The smallest absolute Gasteiger partial charge is 0.249 e. The van der Waals surface area contributed by atoms with Crippen molar-refractivity contribution in [1.29, 1.82) is 5.26 Å². The largest absolute Gasteiger partial charge is 0.346 e. The predicted molar refractivity (Wildman–Crippen MR) is 89.6 cm³/mol. The van der Waals surface area contributed by atoms with Gasteiger partial charge in [-0.15, -0.1) is 0 Å². The monoisotopic (exact) mass is 326 g/mol. The lowest BCUT2D eigenvalue weighted by atomic mass is 10.2. The van der Waals surface area contributed by atoms with Gasteiger partial charge in [0.05, 0.1) is 16.3 Å². The molecule has 3 rings (SSSR count). The molecular formula is C17H15ClN4O. The van der Waals surface area contributed by atoms with Crippen molar-refractivity contribution in [2.45, 2.75) is 12.5 Å². The molecule has 0 N–H and O–H groups in total. The van der Waals surface area contributed by atoms with Gasteiger partial charge in [-0.25, -0.2) is 4.98 Å². The molecule has 1 aromatic heterocycles. The van der Waals surface area contributed by atoms with Gasteiger partial charge >= 0.3 is 0 Å². The van der Waals surface area contributed by atoms with E-state index in [1.807, 2.05) is 18.2 Å². The first-order valence-corrected chi connectivity index (χ1v) is 7.65. The van der Waals surface area contributed by atoms with E-state index in [9.17, 15) is 10.1 Å². The maximum atomic E-state index is 12.8. The zero-order chi connectivity index (χ0) is 16.4. The van der Waals surface area contributed by atoms with Crippen molar-refractivity contribution < 1.29 is 4.79 Å². The third-order valence-electron chi connectivity index (χ3n) is 4.03. The molecule has 116 valence electrons. The average Bonchev–Trinajstić information content (AvgIpc) is 2.96. The molecule has 23 heavy (non-hydrogen) atoms. The molecule has 6 heteroatoms. The second kappa shape index (κ2) is 6.27. The van der Waals surface area contributed by atoms with E-state index < -0.39 is 0 Å². The van der Waals surface area contributed by atoms with Gasteiger partial charge in [0.2, 0.25) is 5.91 Å². The number of nitriles is 1. The van der Waals surface area contributed by atoms with Gasteiger partial charge in [0.1, 0.15) is 17.9 Å². The van der Waals surface area contributed by atoms with Gasteiger partial charge in [0.25, 0.3) is 0 Å². The predicted octanol–water partition coefficient (Wildman–Crippen LogP) is 2.85. The summed E-state index contributed by atoms with van der Waals surface area (Å²) in [6.45, 7) is 0.590. The molecule has 1 unspecified atom stereocenters. The van der Waals surface area contributed by atoms with E-state index >= 15 is 0 Å². The molecule has 1 aliphatic heterocycles. The van der Waals surface area contributed by atoms with Crippen LogP contribution >= 0.6 is 11.6 Å². The molecular weight excluding hydrogens is 312 g/mol. The molecule has 1 atom stereocenters. The fraction of sp³-hybridized carbons (Fsp3) is 0.235. The van der Waals surface area contributed by atoms with E-state index in [4.69, 9.17) is 11.6 Å². The first-order chi connectivity index (χ1) is 11.1. The number of carbonyl (C=O) groups excluding carboxylic acids is 1. The number of para-hydroxylation sites is 1. The lowest BCUT2D eigenvalue weighted by molar-refractivity contribution is -0.118. The first-order valence-electron chi connectivity index (χ1n) is 7.27. The quantitative estimate of drug-likeness (QED) is 0.870. The minimum atomic E-state index is -0.353. The van der Waals surface area contributed by atoms with Gasteiger partial charge in [-0.3, -0.25) is 4.79 Å². The first kappa shape index (κ1) is 15.3. The molecule has 1 saturated heterocycles. The minimum Gasteiger partial charge on any atom is -0.346 e. The number of amides is 1. The number of halogens is 1. The summed E-state index contributed by atoms with van der Waals surface area (Å²) in [6.07, 6.45) is 2.28. The van der Waals surface area contributed by atoms with Crippen LogP contribution < -0.4 is 9.80 Å². The highest BCUT2D eigenvalue weighted by Crippen LogP contribution is 2.31. The van der Waals surface area contributed by atoms with Crippen molar-refractivity contribution in [2.24, 2.45) is 0 Å². The number of benzene rings is 1. The summed E-state index contributed by atoms with van der Waals surface area (Å²) in [5, 5.41) is 9.77. The van der Waals surface area contributed by atoms with Crippen LogP contribution in [-0.4, -0.2) is 30.5 Å². The van der Waals surface area contributed by atoms with Gasteiger partial charge < -0.3 is 9.80 Å². The number of aromatic nitrogens is 1. The summed E-state index contributed by atoms with van der Waals surface area (Å²) in [7, 11) is 1.79. The SMILES string of the molecule is CN(c1ncccc1C#N)C1CCN(c2ccccc2Cl)C1=O. The molecule has 5 nitrogen and oxygen atoms in total. The van der Waals surface area contributed by atoms with Crippen molar-refractivity contribution in [3.8, 4) is 6.07 Å². The van der Waals surface area contributed by atoms with Gasteiger partial charge in [0.15, 0.2) is 0 Å². The molecule has 0 saturated carbocycles. The number of hydrogen-bond donors (Lipinski definition) is 0. The zero-order valence-electron chi connectivity index (χ0n) is 12.6. The third kappa shape index (κ3) is 2.73. The number of hydrogen-bond acceptors (Lipinski definition) is 4. The lowest BCUT2D eigenvalue weighted by Gasteiger charge is -2.25. The van der Waals surface area contributed by atoms with Crippen molar-refractivity contribution in [2.75, 3.05) is 23.4 Å². The number of nitrogens with zero attached hydrogens (tertiary/aromatic N) is 4. The van der Waals surface area contributed by atoms with Crippen LogP contribution in [0.3, 0.4) is 0 Å². The molecule has 0 aliphatic carbocycles. The molecule has 1 aliphatic rings. The molecule has 2 heterocycles. The maximum absolute atomic E-state index is 12.8. The van der Waals surface area contributed by atoms with E-state index in [1.165, 1.54) is 0 Å². The highest BCUT2D eigenvalue weighted by atomic mass is 35.5. The molecule has 1 fully saturated rings. The molecule has 0 spiro atoms. The molecule has 2 aromatic rings. The number of pyridine rings is 1. The fourth-order valence-corrected chi connectivity index (χ4v) is 3.08. The van der Waals surface area contributed by atoms with Crippen molar-refractivity contribution in [1.82, 2.24) is 4.98 Å². The summed E-state index contributed by atoms with van der Waals surface area (Å²) in [6, 6.07) is 12.5. The number of rotatable bonds is 3. The number of anilines is 2. The van der Waals surface area contributed by atoms with E-state index in [0.717, 1.165) is 5.69 Å². The lowest BCUT2D eigenvalue weighted by Crippen LogP contribution is -2.40. The Bertz CT molecular complexity index is 786. The number of likely N-dealkylation sites (N-methyl/N-ethyl adjacent to an activating group) is 1. The Morgan fingerprint density at radius 3 is 2.87 bits per heavy atom. The van der Waals surface area contributed by atoms with E-state index in [1.54, 1.807) is 41.2 Å². The van der Waals surface area contributed by atoms with Crippen molar-refractivity contribution in [3.63, 3.8) is 0 Å². The van der Waals surface area contributed by atoms with Crippen LogP contribution in [0.15, 0.2) is 42.6 Å². The average molecular weight is 327 g/mol. The van der Waals surface area contributed by atoms with Crippen LogP contribution in [0.4, 0.5) is 11.5 Å². The van der Waals surface area contributed by atoms with Gasteiger partial charge in [-0.05, 0) is 30.7 Å². The van der Waals surface area contributed by atoms with Crippen LogP contribution in [0.2, 0.25) is 5.02 Å². The molecule has 1 aromatic carbocycles. The number of carbonyl (C=O) groups is 1. The summed E-state index contributed by atoms with van der Waals surface area (Å²) in [5.74, 6) is 0.490. The van der Waals surface area contributed by atoms with Crippen LogP contribution in [0, 0.1) is 11.3 Å². The van der Waals surface area contributed by atoms with Crippen molar-refractivity contribution >= 4 is 29.0 Å². The summed E-state index contributed by atoms with van der Waals surface area (Å²) < 4.78 is 0. The second-order valence-electron chi connectivity index (χ2n) is 5.34. The Morgan fingerprint density at radius 2 is 2.13 bits per heavy atom. The Balaban J connectivity index is 1.87. The molecule has 1 amide bonds. The van der Waals surface area contributed by atoms with Crippen LogP contribution in [-0.2, 0) is 4.79 Å². The molecule has 0 bridgehead atoms. The van der Waals surface area contributed by atoms with Crippen LogP contribution in [0.1, 0.15) is 12.0 Å². The van der Waals surface area contributed by atoms with E-state index in [2.05, 4.69) is 11.1 Å². The van der Waals surface area contributed by atoms with Gasteiger partial charge in [-0.1, -0.05) is 23.7 Å². The third-order valence-corrected chi connectivity index (χ3v) is 4.35. The van der Waals surface area contributed by atoms with Crippen LogP contribution in [0.25, 0.3) is 0 Å². The highest BCUT2D eigenvalue weighted by molar-refractivity contribution is 6.34. The Hall–Kier alpha value is -2.58. The zero-order valence-corrected chi connectivity index (χ0v) is 13.4. The summed E-state index contributed by atoms with van der Waals surface area (Å²) >= 11 is 6.20. The Labute approximate surface area is 139 Å². The highest BCUT2D eigenvalue weighted by Gasteiger charge is 2.37. The fourth-order valence-electron chi connectivity index (χ4n) is 2.85. The topological polar surface area (TPSA) is 60.2 Å². The summed E-state index contributed by atoms with van der Waals surface area (Å²) in [4.78, 5) is 20.5. The van der Waals surface area contributed by atoms with Crippen LogP contribution in [0.5, 0.6) is 0 Å². The van der Waals surface area contributed by atoms with Crippen molar-refractivity contribution in [3.05, 3.63) is 53.2 Å². The van der Waals surface area contributed by atoms with E-state index in [0.29, 0.717) is 29.4 Å². The summed E-state index contributed by atoms with van der Waals surface area (Å²) in [5.41, 5.74) is 1.18. The second-order valence-corrected chi connectivity index (χ2v) is 5.75. The Kier molecular flexibility index (Phi) is 4.18. The Morgan fingerprint density at radius 1 is 1.35 bits per heavy atom. The maximum Gasteiger partial charge on any atom is 0.249 e. The van der Waals surface area contributed by atoms with Gasteiger partial charge in [0, 0.05) is 19.8 Å². The minimum absolute atomic E-state index is 0.0323. The molecule has 0 radical (unpaired) electrons. The van der Waals surface area contributed by atoms with Gasteiger partial charge in [-0.2, -0.15) is 5.26 Å².